The first kappa shape index (κ1) is 16.5. The molecule has 3 heterocycles. The van der Waals surface area contributed by atoms with Crippen LogP contribution in [0.25, 0.3) is 10.8 Å². The van der Waals surface area contributed by atoms with E-state index in [1.165, 1.54) is 11.3 Å². The van der Waals surface area contributed by atoms with Gasteiger partial charge in [-0.25, -0.2) is 9.78 Å². The molecule has 3 rings (SSSR count). The van der Waals surface area contributed by atoms with Gasteiger partial charge in [-0.1, -0.05) is 0 Å². The number of nitrogens with zero attached hydrogens (tertiary/aromatic N) is 2. The number of aromatic nitrogens is 1. The Kier molecular flexibility index (Phi) is 4.84. The van der Waals surface area contributed by atoms with Crippen molar-refractivity contribution < 1.29 is 14.0 Å². The predicted molar refractivity (Wildman–Crippen MR) is 90.6 cm³/mol. The molecule has 2 aromatic rings. The van der Waals surface area contributed by atoms with E-state index >= 15 is 0 Å². The minimum Gasteiger partial charge on any atom is -0.459 e. The highest BCUT2D eigenvalue weighted by atomic mass is 32.1. The SMILES string of the molecule is Cc1ccc(-c2nc(CC(=O)N3CCC(NC(N)=O)CC3)cs2)o1. The van der Waals surface area contributed by atoms with Crippen LogP contribution < -0.4 is 11.1 Å². The fourth-order valence-electron chi connectivity index (χ4n) is 2.79. The molecule has 0 bridgehead atoms. The molecule has 1 fully saturated rings. The number of carbonyl (C=O) groups is 2. The van der Waals surface area contributed by atoms with Crippen LogP contribution in [0.5, 0.6) is 0 Å². The second kappa shape index (κ2) is 7.04. The maximum Gasteiger partial charge on any atom is 0.312 e. The van der Waals surface area contributed by atoms with Crippen LogP contribution in [0.3, 0.4) is 0 Å². The Labute approximate surface area is 143 Å². The highest BCUT2D eigenvalue weighted by molar-refractivity contribution is 7.13. The van der Waals surface area contributed by atoms with Crippen LogP contribution in [0.1, 0.15) is 24.3 Å². The van der Waals surface area contributed by atoms with E-state index in [1.807, 2.05) is 29.3 Å². The molecule has 1 saturated heterocycles. The Hall–Kier alpha value is -2.35. The molecule has 128 valence electrons. The number of nitrogens with one attached hydrogen (secondary N) is 1. The molecule has 0 spiro atoms. The van der Waals surface area contributed by atoms with Gasteiger partial charge in [-0.3, -0.25) is 4.79 Å². The first-order valence-electron chi connectivity index (χ1n) is 7.86. The second-order valence-electron chi connectivity index (χ2n) is 5.89. The van der Waals surface area contributed by atoms with Gasteiger partial charge in [-0.2, -0.15) is 0 Å². The van der Waals surface area contributed by atoms with Crippen molar-refractivity contribution in [2.24, 2.45) is 5.73 Å². The molecule has 24 heavy (non-hydrogen) atoms. The van der Waals surface area contributed by atoms with Crippen LogP contribution in [-0.2, 0) is 11.2 Å². The molecule has 0 radical (unpaired) electrons. The number of primary amides is 1. The maximum atomic E-state index is 12.4. The number of hydrogen-bond acceptors (Lipinski definition) is 5. The molecule has 3 N–H and O–H groups in total. The van der Waals surface area contributed by atoms with Gasteiger partial charge in [0.05, 0.1) is 12.1 Å². The average molecular weight is 348 g/mol. The van der Waals surface area contributed by atoms with E-state index in [2.05, 4.69) is 10.3 Å². The lowest BCUT2D eigenvalue weighted by molar-refractivity contribution is -0.131. The zero-order chi connectivity index (χ0) is 17.1. The number of aryl methyl sites for hydroxylation is 1. The van der Waals surface area contributed by atoms with Crippen LogP contribution in [0.4, 0.5) is 4.79 Å². The lowest BCUT2D eigenvalue weighted by Crippen LogP contribution is -2.48. The van der Waals surface area contributed by atoms with Crippen molar-refractivity contribution >= 4 is 23.3 Å². The van der Waals surface area contributed by atoms with Gasteiger partial charge in [-0.05, 0) is 31.9 Å². The van der Waals surface area contributed by atoms with Gasteiger partial charge in [0.15, 0.2) is 10.8 Å². The van der Waals surface area contributed by atoms with Crippen molar-refractivity contribution in [2.75, 3.05) is 13.1 Å². The topological polar surface area (TPSA) is 101 Å². The molecule has 2 aromatic heterocycles. The third-order valence-corrected chi connectivity index (χ3v) is 4.93. The van der Waals surface area contributed by atoms with E-state index in [-0.39, 0.29) is 18.4 Å². The van der Waals surface area contributed by atoms with Crippen molar-refractivity contribution in [3.05, 3.63) is 29.0 Å². The Morgan fingerprint density at radius 3 is 2.79 bits per heavy atom. The minimum atomic E-state index is -0.511. The van der Waals surface area contributed by atoms with Crippen molar-refractivity contribution in [3.63, 3.8) is 0 Å². The highest BCUT2D eigenvalue weighted by Gasteiger charge is 2.24. The molecular weight excluding hydrogens is 328 g/mol. The summed E-state index contributed by atoms with van der Waals surface area (Å²) in [5.74, 6) is 1.62. The monoisotopic (exact) mass is 348 g/mol. The summed E-state index contributed by atoms with van der Waals surface area (Å²) in [4.78, 5) is 29.6. The van der Waals surface area contributed by atoms with Crippen molar-refractivity contribution in [1.29, 1.82) is 0 Å². The summed E-state index contributed by atoms with van der Waals surface area (Å²) >= 11 is 1.47. The van der Waals surface area contributed by atoms with Gasteiger partial charge in [0.2, 0.25) is 5.91 Å². The average Bonchev–Trinajstić information content (AvgIpc) is 3.16. The molecule has 1 aliphatic rings. The van der Waals surface area contributed by atoms with E-state index in [4.69, 9.17) is 10.2 Å². The van der Waals surface area contributed by atoms with Crippen LogP contribution in [0.15, 0.2) is 21.9 Å². The Morgan fingerprint density at radius 2 is 2.17 bits per heavy atom. The van der Waals surface area contributed by atoms with Crippen molar-refractivity contribution in [3.8, 4) is 10.8 Å². The molecule has 0 aromatic carbocycles. The van der Waals surface area contributed by atoms with Gasteiger partial charge in [0.1, 0.15) is 5.76 Å². The number of hydrogen-bond donors (Lipinski definition) is 2. The molecule has 0 atom stereocenters. The number of amides is 3. The molecule has 0 unspecified atom stereocenters. The Morgan fingerprint density at radius 1 is 1.42 bits per heavy atom. The molecule has 0 saturated carbocycles. The fraction of sp³-hybridized carbons (Fsp3) is 0.438. The standard InChI is InChI=1S/C16H20N4O3S/c1-10-2-3-13(23-10)15-18-12(9-24-15)8-14(21)20-6-4-11(5-7-20)19-16(17)22/h2-3,9,11H,4-8H2,1H3,(H3,17,19,22). The van der Waals surface area contributed by atoms with Crippen LogP contribution in [0.2, 0.25) is 0 Å². The summed E-state index contributed by atoms with van der Waals surface area (Å²) in [6.45, 7) is 3.13. The highest BCUT2D eigenvalue weighted by Crippen LogP contribution is 2.26. The van der Waals surface area contributed by atoms with E-state index < -0.39 is 6.03 Å². The van der Waals surface area contributed by atoms with E-state index in [9.17, 15) is 9.59 Å². The Bertz CT molecular complexity index is 731. The fourth-order valence-corrected chi connectivity index (χ4v) is 3.57. The first-order valence-corrected chi connectivity index (χ1v) is 8.74. The van der Waals surface area contributed by atoms with Gasteiger partial charge in [0, 0.05) is 24.5 Å². The van der Waals surface area contributed by atoms with Crippen LogP contribution in [-0.4, -0.2) is 41.0 Å². The van der Waals surface area contributed by atoms with Gasteiger partial charge < -0.3 is 20.4 Å². The van der Waals surface area contributed by atoms with Crippen LogP contribution >= 0.6 is 11.3 Å². The lowest BCUT2D eigenvalue weighted by atomic mass is 10.0. The maximum absolute atomic E-state index is 12.4. The molecule has 3 amide bonds. The number of likely N-dealkylation sites (tertiary alicyclic amines) is 1. The van der Waals surface area contributed by atoms with Gasteiger partial charge in [0.25, 0.3) is 0 Å². The number of nitrogens with two attached hydrogens (primary N) is 1. The normalized spacial score (nSPS) is 15.5. The summed E-state index contributed by atoms with van der Waals surface area (Å²) in [6, 6.07) is 3.32. The third kappa shape index (κ3) is 3.94. The molecule has 8 heteroatoms. The van der Waals surface area contributed by atoms with Crippen LogP contribution in [0, 0.1) is 6.92 Å². The smallest absolute Gasteiger partial charge is 0.312 e. The third-order valence-electron chi connectivity index (χ3n) is 4.03. The summed E-state index contributed by atoms with van der Waals surface area (Å²) < 4.78 is 5.56. The zero-order valence-electron chi connectivity index (χ0n) is 13.4. The molecule has 7 nitrogen and oxygen atoms in total. The number of urea groups is 1. The number of carbonyl (C=O) groups excluding carboxylic acids is 2. The largest absolute Gasteiger partial charge is 0.459 e. The lowest BCUT2D eigenvalue weighted by Gasteiger charge is -2.32. The number of rotatable bonds is 4. The Balaban J connectivity index is 1.54. The van der Waals surface area contributed by atoms with Crippen molar-refractivity contribution in [2.45, 2.75) is 32.2 Å². The van der Waals surface area contributed by atoms with Gasteiger partial charge in [-0.15, -0.1) is 11.3 Å². The molecule has 1 aliphatic heterocycles. The second-order valence-corrected chi connectivity index (χ2v) is 6.75. The van der Waals surface area contributed by atoms with Crippen molar-refractivity contribution in [1.82, 2.24) is 15.2 Å². The first-order chi connectivity index (χ1) is 11.5. The number of furan rings is 1. The summed E-state index contributed by atoms with van der Waals surface area (Å²) in [7, 11) is 0. The summed E-state index contributed by atoms with van der Waals surface area (Å²) in [5, 5.41) is 5.38. The quantitative estimate of drug-likeness (QED) is 0.881. The van der Waals surface area contributed by atoms with E-state index in [1.54, 1.807) is 0 Å². The van der Waals surface area contributed by atoms with E-state index in [0.717, 1.165) is 35.1 Å². The predicted octanol–water partition coefficient (Wildman–Crippen LogP) is 1.91. The summed E-state index contributed by atoms with van der Waals surface area (Å²) in [6.07, 6.45) is 1.73. The molecular formula is C16H20N4O3S. The number of thiazole rings is 1. The molecule has 0 aliphatic carbocycles. The minimum absolute atomic E-state index is 0.0552. The van der Waals surface area contributed by atoms with Gasteiger partial charge >= 0.3 is 6.03 Å². The zero-order valence-corrected chi connectivity index (χ0v) is 14.3. The number of piperidine rings is 1. The summed E-state index contributed by atoms with van der Waals surface area (Å²) in [5.41, 5.74) is 5.88. The van der Waals surface area contributed by atoms with E-state index in [0.29, 0.717) is 13.1 Å².